The molecule has 0 spiro atoms. The summed E-state index contributed by atoms with van der Waals surface area (Å²) in [7, 11) is 0. The maximum atomic E-state index is 13.1. The molecule has 0 saturated heterocycles. The van der Waals surface area contributed by atoms with Gasteiger partial charge >= 0.3 is 5.97 Å². The van der Waals surface area contributed by atoms with Crippen molar-refractivity contribution in [3.63, 3.8) is 0 Å². The Morgan fingerprint density at radius 2 is 1.81 bits per heavy atom. The molecule has 21 heavy (non-hydrogen) atoms. The molecule has 1 amide bonds. The molecule has 0 saturated carbocycles. The maximum Gasteiger partial charge on any atom is 0.337 e. The van der Waals surface area contributed by atoms with Crippen molar-refractivity contribution in [3.05, 3.63) is 29.6 Å². The number of hydrogen-bond donors (Lipinski definition) is 2. The normalized spacial score (nSPS) is 10.4. The molecule has 1 aromatic rings. The third kappa shape index (κ3) is 6.38. The number of nitrogens with one attached hydrogen (secondary N) is 1. The van der Waals surface area contributed by atoms with Crippen LogP contribution in [0.5, 0.6) is 0 Å². The first kappa shape index (κ1) is 17.1. The van der Waals surface area contributed by atoms with Crippen LogP contribution >= 0.6 is 0 Å². The number of amides is 1. The van der Waals surface area contributed by atoms with Crippen LogP contribution in [0.2, 0.25) is 0 Å². The highest BCUT2D eigenvalue weighted by molar-refractivity contribution is 6.00. The Bertz CT molecular complexity index is 488. The number of carboxylic acid groups (broad SMARTS) is 1. The van der Waals surface area contributed by atoms with Gasteiger partial charge in [0.25, 0.3) is 0 Å². The summed E-state index contributed by atoms with van der Waals surface area (Å²) >= 11 is 0. The summed E-state index contributed by atoms with van der Waals surface area (Å²) in [6.45, 7) is 2.15. The summed E-state index contributed by atoms with van der Waals surface area (Å²) in [4.78, 5) is 22.8. The van der Waals surface area contributed by atoms with Crippen LogP contribution in [0, 0.1) is 5.82 Å². The molecule has 0 atom stereocenters. The van der Waals surface area contributed by atoms with Crippen LogP contribution < -0.4 is 5.32 Å². The second kappa shape index (κ2) is 9.10. The van der Waals surface area contributed by atoms with Crippen molar-refractivity contribution in [1.29, 1.82) is 0 Å². The Kier molecular flexibility index (Phi) is 7.43. The van der Waals surface area contributed by atoms with Crippen LogP contribution in [-0.2, 0) is 4.79 Å². The molecule has 2 N–H and O–H groups in total. The van der Waals surface area contributed by atoms with E-state index in [-0.39, 0.29) is 17.2 Å². The molecule has 0 bridgehead atoms. The minimum absolute atomic E-state index is 0.0125. The van der Waals surface area contributed by atoms with Crippen molar-refractivity contribution in [2.75, 3.05) is 5.32 Å². The number of unbranched alkanes of at least 4 members (excludes halogenated alkanes) is 5. The van der Waals surface area contributed by atoms with Crippen LogP contribution in [0.25, 0.3) is 0 Å². The number of benzene rings is 1. The highest BCUT2D eigenvalue weighted by Crippen LogP contribution is 2.18. The molecule has 1 aromatic carbocycles. The molecule has 0 unspecified atom stereocenters. The Labute approximate surface area is 124 Å². The number of aromatic carboxylic acids is 1. The number of carbonyl (C=O) groups excluding carboxylic acids is 1. The molecule has 1 rings (SSSR count). The van der Waals surface area contributed by atoms with Crippen LogP contribution in [0.3, 0.4) is 0 Å². The van der Waals surface area contributed by atoms with Crippen LogP contribution in [-0.4, -0.2) is 17.0 Å². The largest absolute Gasteiger partial charge is 0.478 e. The van der Waals surface area contributed by atoms with Crippen LogP contribution in [0.15, 0.2) is 18.2 Å². The van der Waals surface area contributed by atoms with E-state index in [1.165, 1.54) is 19.3 Å². The lowest BCUT2D eigenvalue weighted by Crippen LogP contribution is -2.14. The van der Waals surface area contributed by atoms with Gasteiger partial charge in [0.1, 0.15) is 5.82 Å². The fourth-order valence-corrected chi connectivity index (χ4v) is 2.08. The molecule has 0 aliphatic heterocycles. The predicted molar refractivity (Wildman–Crippen MR) is 80.0 cm³/mol. The molecular weight excluding hydrogens is 273 g/mol. The van der Waals surface area contributed by atoms with Crippen LogP contribution in [0.1, 0.15) is 62.2 Å². The van der Waals surface area contributed by atoms with Gasteiger partial charge in [-0.2, -0.15) is 0 Å². The second-order valence-electron chi connectivity index (χ2n) is 5.06. The zero-order valence-electron chi connectivity index (χ0n) is 12.3. The highest BCUT2D eigenvalue weighted by Gasteiger charge is 2.13. The van der Waals surface area contributed by atoms with E-state index < -0.39 is 11.8 Å². The lowest BCUT2D eigenvalue weighted by Gasteiger charge is -2.08. The quantitative estimate of drug-likeness (QED) is 0.670. The Balaban J connectivity index is 2.44. The molecule has 116 valence electrons. The van der Waals surface area contributed by atoms with Gasteiger partial charge in [0.15, 0.2) is 0 Å². The van der Waals surface area contributed by atoms with E-state index in [9.17, 15) is 14.0 Å². The summed E-state index contributed by atoms with van der Waals surface area (Å²) in [5, 5.41) is 11.5. The summed E-state index contributed by atoms with van der Waals surface area (Å²) in [5.74, 6) is -2.04. The molecule has 0 aliphatic carbocycles. The standard InChI is InChI=1S/C16H22FNO3/c1-2-3-4-5-6-7-8-15(19)18-14-11-12(17)9-10-13(14)16(20)21/h9-11H,2-8H2,1H3,(H,18,19)(H,20,21). The highest BCUT2D eigenvalue weighted by atomic mass is 19.1. The van der Waals surface area contributed by atoms with E-state index in [2.05, 4.69) is 12.2 Å². The third-order valence-electron chi connectivity index (χ3n) is 3.24. The van der Waals surface area contributed by atoms with Gasteiger partial charge in [0, 0.05) is 6.42 Å². The Morgan fingerprint density at radius 3 is 2.48 bits per heavy atom. The molecule has 0 aliphatic rings. The molecule has 0 heterocycles. The van der Waals surface area contributed by atoms with Gasteiger partial charge in [-0.3, -0.25) is 4.79 Å². The van der Waals surface area contributed by atoms with Crippen LogP contribution in [0.4, 0.5) is 10.1 Å². The third-order valence-corrected chi connectivity index (χ3v) is 3.24. The summed E-state index contributed by atoms with van der Waals surface area (Å²) in [6.07, 6.45) is 6.71. The van der Waals surface area contributed by atoms with Gasteiger partial charge in [-0.05, 0) is 24.6 Å². The summed E-state index contributed by atoms with van der Waals surface area (Å²) in [5.41, 5.74) is -0.0915. The summed E-state index contributed by atoms with van der Waals surface area (Å²) < 4.78 is 13.1. The van der Waals surface area contributed by atoms with Crippen molar-refractivity contribution < 1.29 is 19.1 Å². The maximum absolute atomic E-state index is 13.1. The topological polar surface area (TPSA) is 66.4 Å². The minimum atomic E-state index is -1.19. The first-order chi connectivity index (χ1) is 10.0. The van der Waals surface area contributed by atoms with Crippen molar-refractivity contribution in [2.45, 2.75) is 51.9 Å². The predicted octanol–water partition coefficient (Wildman–Crippen LogP) is 4.21. The van der Waals surface area contributed by atoms with Gasteiger partial charge in [-0.25, -0.2) is 9.18 Å². The monoisotopic (exact) mass is 295 g/mol. The van der Waals surface area contributed by atoms with Crippen molar-refractivity contribution in [2.24, 2.45) is 0 Å². The van der Waals surface area contributed by atoms with Gasteiger partial charge < -0.3 is 10.4 Å². The molecular formula is C16H22FNO3. The van der Waals surface area contributed by atoms with Gasteiger partial charge in [0.2, 0.25) is 5.91 Å². The van der Waals surface area contributed by atoms with Gasteiger partial charge in [0.05, 0.1) is 11.3 Å². The first-order valence-corrected chi connectivity index (χ1v) is 7.37. The lowest BCUT2D eigenvalue weighted by molar-refractivity contribution is -0.116. The fourth-order valence-electron chi connectivity index (χ4n) is 2.08. The Morgan fingerprint density at radius 1 is 1.14 bits per heavy atom. The molecule has 5 heteroatoms. The van der Waals surface area contributed by atoms with Gasteiger partial charge in [-0.1, -0.05) is 39.0 Å². The fraction of sp³-hybridized carbons (Fsp3) is 0.500. The summed E-state index contributed by atoms with van der Waals surface area (Å²) in [6, 6.07) is 3.24. The minimum Gasteiger partial charge on any atom is -0.478 e. The zero-order chi connectivity index (χ0) is 15.7. The van der Waals surface area contributed by atoms with Crippen molar-refractivity contribution >= 4 is 17.6 Å². The first-order valence-electron chi connectivity index (χ1n) is 7.37. The smallest absolute Gasteiger partial charge is 0.337 e. The molecule has 0 radical (unpaired) electrons. The van der Waals surface area contributed by atoms with Crippen molar-refractivity contribution in [1.82, 2.24) is 0 Å². The molecule has 4 nitrogen and oxygen atoms in total. The number of rotatable bonds is 9. The number of carbonyl (C=O) groups is 2. The second-order valence-corrected chi connectivity index (χ2v) is 5.06. The average molecular weight is 295 g/mol. The average Bonchev–Trinajstić information content (AvgIpc) is 2.42. The van der Waals surface area contributed by atoms with E-state index in [1.54, 1.807) is 0 Å². The number of carboxylic acids is 1. The Hall–Kier alpha value is -1.91. The zero-order valence-corrected chi connectivity index (χ0v) is 12.3. The van der Waals surface area contributed by atoms with E-state index >= 15 is 0 Å². The lowest BCUT2D eigenvalue weighted by atomic mass is 10.1. The van der Waals surface area contributed by atoms with E-state index in [4.69, 9.17) is 5.11 Å². The molecule has 0 aromatic heterocycles. The van der Waals surface area contributed by atoms with E-state index in [0.717, 1.165) is 37.5 Å². The van der Waals surface area contributed by atoms with E-state index in [0.29, 0.717) is 6.42 Å². The van der Waals surface area contributed by atoms with Crippen molar-refractivity contribution in [3.8, 4) is 0 Å². The molecule has 0 fully saturated rings. The van der Waals surface area contributed by atoms with E-state index in [1.807, 2.05) is 0 Å². The number of hydrogen-bond acceptors (Lipinski definition) is 2. The number of anilines is 1. The number of halogens is 1. The SMILES string of the molecule is CCCCCCCCC(=O)Nc1cc(F)ccc1C(=O)O. The van der Waals surface area contributed by atoms with Gasteiger partial charge in [-0.15, -0.1) is 0 Å².